The molecule has 17 heavy (non-hydrogen) atoms. The maximum atomic E-state index is 3.78. The molecule has 1 N–H and O–H groups in total. The average Bonchev–Trinajstić information content (AvgIpc) is 3.06. The van der Waals surface area contributed by atoms with E-state index in [9.17, 15) is 0 Å². The lowest BCUT2D eigenvalue weighted by molar-refractivity contribution is 0.0758. The summed E-state index contributed by atoms with van der Waals surface area (Å²) in [5.74, 6) is 3.26. The summed E-state index contributed by atoms with van der Waals surface area (Å²) in [7, 11) is 0. The highest BCUT2D eigenvalue weighted by Crippen LogP contribution is 2.61. The van der Waals surface area contributed by atoms with Crippen LogP contribution >= 0.6 is 0 Å². The molecule has 3 saturated carbocycles. The first-order valence-corrected chi connectivity index (χ1v) is 8.06. The van der Waals surface area contributed by atoms with E-state index in [1.54, 1.807) is 25.7 Å². The van der Waals surface area contributed by atoms with E-state index in [1.165, 1.54) is 45.2 Å². The molecule has 3 fully saturated rings. The molecule has 0 aromatic rings. The van der Waals surface area contributed by atoms with Gasteiger partial charge in [0.1, 0.15) is 0 Å². The van der Waals surface area contributed by atoms with Crippen molar-refractivity contribution in [2.24, 2.45) is 23.2 Å². The fourth-order valence-corrected chi connectivity index (χ4v) is 5.35. The van der Waals surface area contributed by atoms with Crippen molar-refractivity contribution in [2.75, 3.05) is 13.1 Å². The number of nitrogens with one attached hydrogen (secondary N) is 1. The molecular formula is C16H29N. The van der Waals surface area contributed by atoms with Crippen molar-refractivity contribution in [2.45, 2.75) is 64.7 Å². The molecule has 3 aliphatic carbocycles. The van der Waals surface area contributed by atoms with Crippen molar-refractivity contribution in [3.8, 4) is 0 Å². The molecule has 3 unspecified atom stereocenters. The van der Waals surface area contributed by atoms with Crippen LogP contribution in [0.15, 0.2) is 0 Å². The minimum absolute atomic E-state index is 0.731. The van der Waals surface area contributed by atoms with Gasteiger partial charge in [-0.2, -0.15) is 0 Å². The molecular weight excluding hydrogens is 206 g/mol. The summed E-state index contributed by atoms with van der Waals surface area (Å²) in [6, 6.07) is 0. The predicted octanol–water partition coefficient (Wildman–Crippen LogP) is 3.98. The van der Waals surface area contributed by atoms with Crippen molar-refractivity contribution in [1.82, 2.24) is 5.32 Å². The van der Waals surface area contributed by atoms with Crippen LogP contribution in [0.5, 0.6) is 0 Å². The second-order valence-electron chi connectivity index (χ2n) is 6.97. The quantitative estimate of drug-likeness (QED) is 0.711. The van der Waals surface area contributed by atoms with Crippen LogP contribution in [0, 0.1) is 23.2 Å². The number of hydrogen-bond acceptors (Lipinski definition) is 1. The Morgan fingerprint density at radius 2 is 1.88 bits per heavy atom. The Bertz CT molecular complexity index is 256. The van der Waals surface area contributed by atoms with Crippen LogP contribution in [-0.2, 0) is 0 Å². The molecule has 2 bridgehead atoms. The molecule has 0 radical (unpaired) electrons. The molecule has 1 heteroatoms. The number of hydrogen-bond donors (Lipinski definition) is 1. The molecule has 0 spiro atoms. The molecule has 3 atom stereocenters. The van der Waals surface area contributed by atoms with Gasteiger partial charge >= 0.3 is 0 Å². The van der Waals surface area contributed by atoms with Crippen molar-refractivity contribution < 1.29 is 0 Å². The van der Waals surface area contributed by atoms with E-state index >= 15 is 0 Å². The van der Waals surface area contributed by atoms with Gasteiger partial charge in [-0.3, -0.25) is 0 Å². The van der Waals surface area contributed by atoms with Gasteiger partial charge in [0, 0.05) is 6.54 Å². The summed E-state index contributed by atoms with van der Waals surface area (Å²) < 4.78 is 0. The predicted molar refractivity (Wildman–Crippen MR) is 73.0 cm³/mol. The first kappa shape index (κ1) is 12.0. The van der Waals surface area contributed by atoms with Crippen molar-refractivity contribution in [3.05, 3.63) is 0 Å². The standard InChI is InChI=1S/C16H29N/c1-2-9-17-12-16(14-5-3-4-6-14)11-13-7-8-15(16)10-13/h13-15,17H,2-12H2,1H3. The Kier molecular flexibility index (Phi) is 3.47. The SMILES string of the molecule is CCCNCC1(C2CCCC2)CC2CCC1C2. The molecule has 98 valence electrons. The van der Waals surface area contributed by atoms with Crippen LogP contribution in [0.2, 0.25) is 0 Å². The topological polar surface area (TPSA) is 12.0 Å². The zero-order valence-corrected chi connectivity index (χ0v) is 11.5. The van der Waals surface area contributed by atoms with E-state index in [1.807, 2.05) is 0 Å². The van der Waals surface area contributed by atoms with Gasteiger partial charge in [0.05, 0.1) is 0 Å². The highest BCUT2D eigenvalue weighted by Gasteiger charge is 2.54. The van der Waals surface area contributed by atoms with Gasteiger partial charge in [0.25, 0.3) is 0 Å². The Labute approximate surface area is 107 Å². The highest BCUT2D eigenvalue weighted by molar-refractivity contribution is 5.05. The van der Waals surface area contributed by atoms with Crippen LogP contribution in [0.1, 0.15) is 64.7 Å². The van der Waals surface area contributed by atoms with Crippen molar-refractivity contribution in [3.63, 3.8) is 0 Å². The van der Waals surface area contributed by atoms with Crippen LogP contribution < -0.4 is 5.32 Å². The molecule has 0 aromatic heterocycles. The lowest BCUT2D eigenvalue weighted by Gasteiger charge is -2.43. The van der Waals surface area contributed by atoms with E-state index in [-0.39, 0.29) is 0 Å². The summed E-state index contributed by atoms with van der Waals surface area (Å²) in [5.41, 5.74) is 0.731. The second-order valence-corrected chi connectivity index (χ2v) is 6.97. The van der Waals surface area contributed by atoms with E-state index in [0.29, 0.717) is 0 Å². The molecule has 0 aliphatic heterocycles. The molecule has 1 nitrogen and oxygen atoms in total. The van der Waals surface area contributed by atoms with E-state index in [2.05, 4.69) is 12.2 Å². The molecule has 3 aliphatic rings. The molecule has 0 heterocycles. The second kappa shape index (κ2) is 4.91. The monoisotopic (exact) mass is 235 g/mol. The van der Waals surface area contributed by atoms with Crippen LogP contribution in [0.3, 0.4) is 0 Å². The van der Waals surface area contributed by atoms with E-state index in [4.69, 9.17) is 0 Å². The van der Waals surface area contributed by atoms with Gasteiger partial charge in [-0.15, -0.1) is 0 Å². The Balaban J connectivity index is 1.71. The van der Waals surface area contributed by atoms with Crippen molar-refractivity contribution in [1.29, 1.82) is 0 Å². The van der Waals surface area contributed by atoms with Gasteiger partial charge in [0.15, 0.2) is 0 Å². The highest BCUT2D eigenvalue weighted by atomic mass is 14.9. The fraction of sp³-hybridized carbons (Fsp3) is 1.00. The maximum absolute atomic E-state index is 3.78. The number of fused-ring (bicyclic) bond motifs is 2. The number of rotatable bonds is 5. The lowest BCUT2D eigenvalue weighted by Crippen LogP contribution is -2.44. The lowest BCUT2D eigenvalue weighted by atomic mass is 9.64. The largest absolute Gasteiger partial charge is 0.316 e. The first-order chi connectivity index (χ1) is 8.35. The first-order valence-electron chi connectivity index (χ1n) is 8.06. The summed E-state index contributed by atoms with van der Waals surface area (Å²) in [6.45, 7) is 4.86. The smallest absolute Gasteiger partial charge is 0.00132 e. The zero-order chi connectivity index (χ0) is 11.7. The van der Waals surface area contributed by atoms with Crippen molar-refractivity contribution >= 4 is 0 Å². The summed E-state index contributed by atoms with van der Waals surface area (Å²) >= 11 is 0. The van der Waals surface area contributed by atoms with Gasteiger partial charge in [-0.05, 0) is 68.2 Å². The Hall–Kier alpha value is -0.0400. The van der Waals surface area contributed by atoms with Gasteiger partial charge < -0.3 is 5.32 Å². The van der Waals surface area contributed by atoms with Gasteiger partial charge in [0.2, 0.25) is 0 Å². The molecule has 3 rings (SSSR count). The summed E-state index contributed by atoms with van der Waals surface area (Å²) in [4.78, 5) is 0. The average molecular weight is 235 g/mol. The third-order valence-electron chi connectivity index (χ3n) is 6.07. The third kappa shape index (κ3) is 2.05. The van der Waals surface area contributed by atoms with Crippen LogP contribution in [0.4, 0.5) is 0 Å². The minimum atomic E-state index is 0.731. The zero-order valence-electron chi connectivity index (χ0n) is 11.5. The van der Waals surface area contributed by atoms with Gasteiger partial charge in [-0.1, -0.05) is 26.2 Å². The minimum Gasteiger partial charge on any atom is -0.316 e. The fourth-order valence-electron chi connectivity index (χ4n) is 5.35. The van der Waals surface area contributed by atoms with Crippen LogP contribution in [-0.4, -0.2) is 13.1 Å². The molecule has 0 amide bonds. The summed E-state index contributed by atoms with van der Waals surface area (Å²) in [6.07, 6.45) is 13.6. The molecule has 0 aromatic carbocycles. The summed E-state index contributed by atoms with van der Waals surface area (Å²) in [5, 5.41) is 3.78. The van der Waals surface area contributed by atoms with E-state index < -0.39 is 0 Å². The normalized spacial score (nSPS) is 41.5. The Morgan fingerprint density at radius 3 is 2.47 bits per heavy atom. The van der Waals surface area contributed by atoms with Crippen LogP contribution in [0.25, 0.3) is 0 Å². The Morgan fingerprint density at radius 1 is 1.06 bits per heavy atom. The van der Waals surface area contributed by atoms with Gasteiger partial charge in [-0.25, -0.2) is 0 Å². The molecule has 0 saturated heterocycles. The third-order valence-corrected chi connectivity index (χ3v) is 6.07. The van der Waals surface area contributed by atoms with E-state index in [0.717, 1.165) is 23.2 Å². The maximum Gasteiger partial charge on any atom is 0.00132 e.